The Morgan fingerprint density at radius 3 is 2.22 bits per heavy atom. The van der Waals surface area contributed by atoms with E-state index in [0.717, 1.165) is 4.90 Å². The maximum atomic E-state index is 12.7. The van der Waals surface area contributed by atoms with Crippen LogP contribution in [0.3, 0.4) is 0 Å². The van der Waals surface area contributed by atoms with Gasteiger partial charge in [-0.1, -0.05) is 29.8 Å². The normalized spacial score (nSPS) is 13.5. The number of halogens is 1. The predicted octanol–water partition coefficient (Wildman–Crippen LogP) is 3.33. The van der Waals surface area contributed by atoms with Crippen molar-refractivity contribution in [2.45, 2.75) is 0 Å². The van der Waals surface area contributed by atoms with Crippen molar-refractivity contribution in [1.29, 1.82) is 0 Å². The van der Waals surface area contributed by atoms with E-state index in [4.69, 9.17) is 11.6 Å². The lowest BCUT2D eigenvalue weighted by Crippen LogP contribution is -2.30. The highest BCUT2D eigenvalue weighted by molar-refractivity contribution is 6.37. The predicted molar refractivity (Wildman–Crippen MR) is 86.2 cm³/mol. The molecule has 0 unspecified atom stereocenters. The van der Waals surface area contributed by atoms with E-state index in [0.29, 0.717) is 27.5 Å². The molecule has 0 saturated heterocycles. The van der Waals surface area contributed by atoms with Crippen LogP contribution in [0.15, 0.2) is 61.2 Å². The lowest BCUT2D eigenvalue weighted by atomic mass is 10.1. The molecule has 1 aromatic heterocycles. The van der Waals surface area contributed by atoms with Crippen LogP contribution in [0.2, 0.25) is 5.02 Å². The summed E-state index contributed by atoms with van der Waals surface area (Å²) >= 11 is 6.31. The highest BCUT2D eigenvalue weighted by atomic mass is 35.5. The molecule has 1 aliphatic rings. The van der Waals surface area contributed by atoms with Crippen LogP contribution in [0.25, 0.3) is 5.69 Å². The maximum absolute atomic E-state index is 12.7. The van der Waals surface area contributed by atoms with Crippen LogP contribution >= 0.6 is 11.6 Å². The van der Waals surface area contributed by atoms with Crippen LogP contribution in [-0.2, 0) is 0 Å². The van der Waals surface area contributed by atoms with Crippen LogP contribution in [0.1, 0.15) is 20.7 Å². The molecule has 4 rings (SSSR count). The Bertz CT molecular complexity index is 900. The number of amides is 2. The van der Waals surface area contributed by atoms with Gasteiger partial charge in [0.2, 0.25) is 0 Å². The number of nitrogens with zero attached hydrogens (tertiary/aromatic N) is 3. The molecular weight excluding hydrogens is 314 g/mol. The molecule has 2 amide bonds. The largest absolute Gasteiger partial charge is 0.303 e. The van der Waals surface area contributed by atoms with E-state index >= 15 is 0 Å². The van der Waals surface area contributed by atoms with Gasteiger partial charge in [0.05, 0.1) is 33.9 Å². The number of carbonyl (C=O) groups is 2. The van der Waals surface area contributed by atoms with Gasteiger partial charge in [-0.3, -0.25) is 9.59 Å². The monoisotopic (exact) mass is 323 g/mol. The van der Waals surface area contributed by atoms with Crippen LogP contribution < -0.4 is 4.90 Å². The van der Waals surface area contributed by atoms with Gasteiger partial charge in [-0.25, -0.2) is 9.88 Å². The second-order valence-corrected chi connectivity index (χ2v) is 5.48. The van der Waals surface area contributed by atoms with Crippen LogP contribution in [0.5, 0.6) is 0 Å². The summed E-state index contributed by atoms with van der Waals surface area (Å²) in [6.07, 6.45) is 4.89. The summed E-state index contributed by atoms with van der Waals surface area (Å²) in [5.41, 5.74) is 1.77. The molecule has 0 bridgehead atoms. The Labute approximate surface area is 136 Å². The molecule has 0 saturated carbocycles. The molecule has 0 aliphatic carbocycles. The highest BCUT2D eigenvalue weighted by Crippen LogP contribution is 2.36. The number of imide groups is 1. The number of rotatable bonds is 2. The lowest BCUT2D eigenvalue weighted by Gasteiger charge is -2.19. The van der Waals surface area contributed by atoms with E-state index in [1.165, 1.54) is 0 Å². The summed E-state index contributed by atoms with van der Waals surface area (Å²) in [4.78, 5) is 30.5. The number of carbonyl (C=O) groups excluding carboxylic acids is 2. The van der Waals surface area contributed by atoms with E-state index in [9.17, 15) is 9.59 Å². The van der Waals surface area contributed by atoms with Gasteiger partial charge < -0.3 is 4.57 Å². The maximum Gasteiger partial charge on any atom is 0.266 e. The average Bonchev–Trinajstić information content (AvgIpc) is 3.16. The first-order valence-corrected chi connectivity index (χ1v) is 7.31. The number of fused-ring (bicyclic) bond motifs is 1. The van der Waals surface area contributed by atoms with E-state index in [1.54, 1.807) is 65.8 Å². The van der Waals surface area contributed by atoms with Crippen LogP contribution in [-0.4, -0.2) is 21.4 Å². The minimum atomic E-state index is -0.353. The fourth-order valence-electron chi connectivity index (χ4n) is 2.74. The van der Waals surface area contributed by atoms with E-state index in [2.05, 4.69) is 4.98 Å². The molecule has 23 heavy (non-hydrogen) atoms. The standard InChI is InChI=1S/C17H10ClN3O2/c18-13-6-3-7-14(15(13)20-9-8-19-10-20)21-16(22)11-4-1-2-5-12(11)17(21)23/h1-10H. The fourth-order valence-corrected chi connectivity index (χ4v) is 3.01. The van der Waals surface area contributed by atoms with E-state index in [-0.39, 0.29) is 11.8 Å². The summed E-state index contributed by atoms with van der Waals surface area (Å²) in [5, 5.41) is 0.428. The number of anilines is 1. The quantitative estimate of drug-likeness (QED) is 0.680. The van der Waals surface area contributed by atoms with Gasteiger partial charge >= 0.3 is 0 Å². The number of aromatic nitrogens is 2. The van der Waals surface area contributed by atoms with Crippen LogP contribution in [0.4, 0.5) is 5.69 Å². The molecule has 0 radical (unpaired) electrons. The SMILES string of the molecule is O=C1c2ccccc2C(=O)N1c1cccc(Cl)c1-n1ccnc1. The minimum absolute atomic E-state index is 0.353. The van der Waals surface area contributed by atoms with Gasteiger partial charge in [-0.15, -0.1) is 0 Å². The molecule has 0 atom stereocenters. The molecule has 0 fully saturated rings. The molecular formula is C17H10ClN3O2. The molecule has 6 heteroatoms. The van der Waals surface area contributed by atoms with Crippen molar-refractivity contribution in [2.75, 3.05) is 4.90 Å². The van der Waals surface area contributed by atoms with Gasteiger partial charge in [-0.05, 0) is 24.3 Å². The zero-order valence-electron chi connectivity index (χ0n) is 11.8. The Balaban J connectivity index is 1.92. The second-order valence-electron chi connectivity index (χ2n) is 5.07. The average molecular weight is 324 g/mol. The summed E-state index contributed by atoms with van der Waals surface area (Å²) in [5.74, 6) is -0.705. The first-order valence-electron chi connectivity index (χ1n) is 6.93. The molecule has 1 aliphatic heterocycles. The Kier molecular flexibility index (Phi) is 3.02. The smallest absolute Gasteiger partial charge is 0.266 e. The first-order chi connectivity index (χ1) is 11.2. The zero-order valence-corrected chi connectivity index (χ0v) is 12.6. The van der Waals surface area contributed by atoms with Crippen molar-refractivity contribution in [3.05, 3.63) is 77.3 Å². The number of imidazole rings is 1. The Morgan fingerprint density at radius 1 is 0.913 bits per heavy atom. The van der Waals surface area contributed by atoms with Crippen molar-refractivity contribution < 1.29 is 9.59 Å². The van der Waals surface area contributed by atoms with Crippen molar-refractivity contribution in [3.8, 4) is 5.69 Å². The third-order valence-electron chi connectivity index (χ3n) is 3.76. The first kappa shape index (κ1) is 13.7. The Morgan fingerprint density at radius 2 is 1.61 bits per heavy atom. The molecule has 3 aromatic rings. The lowest BCUT2D eigenvalue weighted by molar-refractivity contribution is 0.0926. The third kappa shape index (κ3) is 1.98. The third-order valence-corrected chi connectivity index (χ3v) is 4.07. The number of hydrogen-bond donors (Lipinski definition) is 0. The topological polar surface area (TPSA) is 55.2 Å². The number of hydrogen-bond acceptors (Lipinski definition) is 3. The molecule has 5 nitrogen and oxygen atoms in total. The number of benzene rings is 2. The summed E-state index contributed by atoms with van der Waals surface area (Å²) in [7, 11) is 0. The van der Waals surface area contributed by atoms with Gasteiger partial charge in [0.1, 0.15) is 0 Å². The Hall–Kier alpha value is -2.92. The molecule has 2 heterocycles. The van der Waals surface area contributed by atoms with Crippen molar-refractivity contribution in [2.24, 2.45) is 0 Å². The van der Waals surface area contributed by atoms with Gasteiger partial charge in [0.25, 0.3) is 11.8 Å². The number of para-hydroxylation sites is 1. The molecule has 2 aromatic carbocycles. The van der Waals surface area contributed by atoms with E-state index < -0.39 is 0 Å². The van der Waals surface area contributed by atoms with Gasteiger partial charge in [-0.2, -0.15) is 0 Å². The van der Waals surface area contributed by atoms with Crippen molar-refractivity contribution >= 4 is 29.1 Å². The summed E-state index contributed by atoms with van der Waals surface area (Å²) in [6.45, 7) is 0. The van der Waals surface area contributed by atoms with Crippen molar-refractivity contribution in [3.63, 3.8) is 0 Å². The van der Waals surface area contributed by atoms with Gasteiger partial charge in [0, 0.05) is 12.4 Å². The summed E-state index contributed by atoms with van der Waals surface area (Å²) in [6, 6.07) is 11.9. The molecule has 0 spiro atoms. The van der Waals surface area contributed by atoms with Crippen molar-refractivity contribution in [1.82, 2.24) is 9.55 Å². The summed E-state index contributed by atoms with van der Waals surface area (Å²) < 4.78 is 1.68. The second kappa shape index (κ2) is 5.07. The zero-order chi connectivity index (χ0) is 16.0. The highest BCUT2D eigenvalue weighted by Gasteiger charge is 2.37. The minimum Gasteiger partial charge on any atom is -0.303 e. The van der Waals surface area contributed by atoms with Crippen LogP contribution in [0, 0.1) is 0 Å². The molecule has 112 valence electrons. The fraction of sp³-hybridized carbons (Fsp3) is 0. The molecule has 0 N–H and O–H groups in total. The van der Waals surface area contributed by atoms with E-state index in [1.807, 2.05) is 0 Å². The van der Waals surface area contributed by atoms with Gasteiger partial charge in [0.15, 0.2) is 0 Å².